The fourth-order valence-corrected chi connectivity index (χ4v) is 1.39. The molecule has 1 aromatic carbocycles. The van der Waals surface area contributed by atoms with Crippen molar-refractivity contribution in [2.45, 2.75) is 25.3 Å². The molecular formula is C11H11F3O4. The van der Waals surface area contributed by atoms with Gasteiger partial charge in [0.15, 0.2) is 0 Å². The average Bonchev–Trinajstić information content (AvgIpc) is 2.24. The highest BCUT2D eigenvalue weighted by Gasteiger charge is 2.32. The number of hydrogen-bond donors (Lipinski definition) is 2. The number of aliphatic hydroxyl groups excluding tert-OH is 1. The number of halogens is 3. The molecule has 0 bridgehead atoms. The van der Waals surface area contributed by atoms with E-state index >= 15 is 0 Å². The Balaban J connectivity index is 2.84. The first-order chi connectivity index (χ1) is 8.29. The molecule has 0 saturated heterocycles. The van der Waals surface area contributed by atoms with Crippen LogP contribution in [0.25, 0.3) is 0 Å². The normalized spacial score (nSPS) is 13.1. The third kappa shape index (κ3) is 4.62. The second kappa shape index (κ2) is 5.72. The molecule has 0 aromatic heterocycles. The van der Waals surface area contributed by atoms with Gasteiger partial charge in [-0.25, -0.2) is 0 Å². The summed E-state index contributed by atoms with van der Waals surface area (Å²) in [4.78, 5) is 10.3. The van der Waals surface area contributed by atoms with Crippen molar-refractivity contribution in [3.05, 3.63) is 29.8 Å². The molecule has 0 amide bonds. The Morgan fingerprint density at radius 1 is 1.33 bits per heavy atom. The topological polar surface area (TPSA) is 66.8 Å². The summed E-state index contributed by atoms with van der Waals surface area (Å²) < 4.78 is 40.1. The van der Waals surface area contributed by atoms with E-state index in [0.717, 1.165) is 6.07 Å². The first kappa shape index (κ1) is 14.3. The van der Waals surface area contributed by atoms with Gasteiger partial charge in [-0.05, 0) is 12.5 Å². The molecule has 0 fully saturated rings. The van der Waals surface area contributed by atoms with E-state index in [1.54, 1.807) is 0 Å². The average molecular weight is 264 g/mol. The Morgan fingerprint density at radius 3 is 2.50 bits per heavy atom. The van der Waals surface area contributed by atoms with E-state index in [1.165, 1.54) is 18.2 Å². The first-order valence-electron chi connectivity index (χ1n) is 5.04. The molecule has 0 spiro atoms. The van der Waals surface area contributed by atoms with Crippen LogP contribution in [0.3, 0.4) is 0 Å². The molecule has 0 aliphatic rings. The number of carboxylic acid groups (broad SMARTS) is 1. The highest BCUT2D eigenvalue weighted by Crippen LogP contribution is 2.31. The predicted octanol–water partition coefficient (Wildman–Crippen LogP) is 2.48. The molecule has 1 aromatic rings. The molecule has 4 nitrogen and oxygen atoms in total. The molecule has 2 N–H and O–H groups in total. The SMILES string of the molecule is O=C(O)CCC(O)c1ccccc1OC(F)(F)F. The zero-order chi connectivity index (χ0) is 13.8. The lowest BCUT2D eigenvalue weighted by Gasteiger charge is -2.16. The standard InChI is InChI=1S/C11H11F3O4/c12-11(13,14)18-9-4-2-1-3-7(9)8(15)5-6-10(16)17/h1-4,8,15H,5-6H2,(H,16,17). The molecule has 0 heterocycles. The molecule has 0 saturated carbocycles. The van der Waals surface area contributed by atoms with Gasteiger partial charge in [0.2, 0.25) is 0 Å². The summed E-state index contributed by atoms with van der Waals surface area (Å²) in [5.41, 5.74) is -0.0870. The highest BCUT2D eigenvalue weighted by atomic mass is 19.4. The Labute approximate surface area is 101 Å². The number of alkyl halides is 3. The number of carbonyl (C=O) groups is 1. The van der Waals surface area contributed by atoms with Crippen molar-refractivity contribution in [1.29, 1.82) is 0 Å². The van der Waals surface area contributed by atoms with Crippen LogP contribution in [0, 0.1) is 0 Å². The van der Waals surface area contributed by atoms with E-state index in [1.807, 2.05) is 0 Å². The molecule has 18 heavy (non-hydrogen) atoms. The second-order valence-electron chi connectivity index (χ2n) is 3.53. The number of para-hydroxylation sites is 1. The number of ether oxygens (including phenoxy) is 1. The summed E-state index contributed by atoms with van der Waals surface area (Å²) in [6, 6.07) is 5.08. The number of hydrogen-bond acceptors (Lipinski definition) is 3. The highest BCUT2D eigenvalue weighted by molar-refractivity contribution is 5.66. The van der Waals surface area contributed by atoms with Crippen LogP contribution in [0.4, 0.5) is 13.2 Å². The molecule has 0 aliphatic heterocycles. The van der Waals surface area contributed by atoms with Gasteiger partial charge in [0, 0.05) is 12.0 Å². The van der Waals surface area contributed by atoms with Crippen LogP contribution < -0.4 is 4.74 Å². The zero-order valence-corrected chi connectivity index (χ0v) is 9.15. The summed E-state index contributed by atoms with van der Waals surface area (Å²) in [5, 5.41) is 18.1. The largest absolute Gasteiger partial charge is 0.573 e. The van der Waals surface area contributed by atoms with Crippen LogP contribution in [0.5, 0.6) is 5.75 Å². The smallest absolute Gasteiger partial charge is 0.481 e. The number of rotatable bonds is 5. The number of aliphatic carboxylic acids is 1. The van der Waals surface area contributed by atoms with E-state index in [2.05, 4.69) is 4.74 Å². The van der Waals surface area contributed by atoms with Crippen molar-refractivity contribution >= 4 is 5.97 Å². The number of aliphatic hydroxyl groups is 1. The molecule has 0 aliphatic carbocycles. The van der Waals surface area contributed by atoms with Gasteiger partial charge in [-0.3, -0.25) is 4.79 Å². The van der Waals surface area contributed by atoms with Crippen molar-refractivity contribution in [3.8, 4) is 5.75 Å². The summed E-state index contributed by atoms with van der Waals surface area (Å²) in [5.74, 6) is -1.66. The second-order valence-corrected chi connectivity index (χ2v) is 3.53. The molecule has 1 rings (SSSR count). The lowest BCUT2D eigenvalue weighted by molar-refractivity contribution is -0.275. The van der Waals surface area contributed by atoms with Crippen LogP contribution >= 0.6 is 0 Å². The van der Waals surface area contributed by atoms with E-state index in [-0.39, 0.29) is 18.4 Å². The zero-order valence-electron chi connectivity index (χ0n) is 9.15. The lowest BCUT2D eigenvalue weighted by atomic mass is 10.0. The van der Waals surface area contributed by atoms with Crippen LogP contribution in [0.2, 0.25) is 0 Å². The van der Waals surface area contributed by atoms with Gasteiger partial charge in [-0.2, -0.15) is 0 Å². The number of benzene rings is 1. The Morgan fingerprint density at radius 2 is 1.94 bits per heavy atom. The summed E-state index contributed by atoms with van der Waals surface area (Å²) in [7, 11) is 0. The van der Waals surface area contributed by atoms with Crippen molar-refractivity contribution < 1.29 is 32.9 Å². The van der Waals surface area contributed by atoms with Crippen LogP contribution in [0.15, 0.2) is 24.3 Å². The molecular weight excluding hydrogens is 253 g/mol. The lowest BCUT2D eigenvalue weighted by Crippen LogP contribution is -2.18. The molecule has 1 atom stereocenters. The van der Waals surface area contributed by atoms with E-state index < -0.39 is 24.2 Å². The van der Waals surface area contributed by atoms with Crippen LogP contribution in [-0.4, -0.2) is 22.5 Å². The Kier molecular flexibility index (Phi) is 4.55. The van der Waals surface area contributed by atoms with Crippen molar-refractivity contribution in [2.24, 2.45) is 0 Å². The van der Waals surface area contributed by atoms with Crippen LogP contribution in [0.1, 0.15) is 24.5 Å². The monoisotopic (exact) mass is 264 g/mol. The third-order valence-corrected chi connectivity index (χ3v) is 2.14. The number of carboxylic acids is 1. The quantitative estimate of drug-likeness (QED) is 0.857. The van der Waals surface area contributed by atoms with Gasteiger partial charge in [0.25, 0.3) is 0 Å². The van der Waals surface area contributed by atoms with Gasteiger partial charge < -0.3 is 14.9 Å². The third-order valence-electron chi connectivity index (χ3n) is 2.14. The van der Waals surface area contributed by atoms with Crippen molar-refractivity contribution in [1.82, 2.24) is 0 Å². The van der Waals surface area contributed by atoms with Gasteiger partial charge in [-0.1, -0.05) is 18.2 Å². The van der Waals surface area contributed by atoms with E-state index in [4.69, 9.17) is 5.11 Å². The van der Waals surface area contributed by atoms with Gasteiger partial charge >= 0.3 is 12.3 Å². The van der Waals surface area contributed by atoms with Crippen molar-refractivity contribution in [2.75, 3.05) is 0 Å². The maximum absolute atomic E-state index is 12.1. The van der Waals surface area contributed by atoms with Gasteiger partial charge in [0.1, 0.15) is 5.75 Å². The molecule has 1 unspecified atom stereocenters. The Hall–Kier alpha value is -1.76. The molecule has 0 radical (unpaired) electrons. The minimum absolute atomic E-state index is 0.0870. The summed E-state index contributed by atoms with van der Waals surface area (Å²) >= 11 is 0. The van der Waals surface area contributed by atoms with Crippen LogP contribution in [-0.2, 0) is 4.79 Å². The summed E-state index contributed by atoms with van der Waals surface area (Å²) in [6.07, 6.45) is -6.71. The van der Waals surface area contributed by atoms with E-state index in [9.17, 15) is 23.1 Å². The van der Waals surface area contributed by atoms with Crippen molar-refractivity contribution in [3.63, 3.8) is 0 Å². The predicted molar refractivity (Wildman–Crippen MR) is 55.0 cm³/mol. The van der Waals surface area contributed by atoms with E-state index in [0.29, 0.717) is 0 Å². The van der Waals surface area contributed by atoms with Gasteiger partial charge in [-0.15, -0.1) is 13.2 Å². The Bertz CT molecular complexity index is 417. The summed E-state index contributed by atoms with van der Waals surface area (Å²) in [6.45, 7) is 0. The fraction of sp³-hybridized carbons (Fsp3) is 0.364. The molecule has 7 heteroatoms. The minimum Gasteiger partial charge on any atom is -0.481 e. The first-order valence-corrected chi connectivity index (χ1v) is 5.04. The fourth-order valence-electron chi connectivity index (χ4n) is 1.39. The molecule has 100 valence electrons. The van der Waals surface area contributed by atoms with Gasteiger partial charge in [0.05, 0.1) is 6.10 Å². The minimum atomic E-state index is -4.86. The maximum atomic E-state index is 12.1. The maximum Gasteiger partial charge on any atom is 0.573 e.